The molecule has 7 heteroatoms. The number of carbonyl (C=O) groups excluding carboxylic acids is 1. The number of nitrogens with one attached hydrogen (secondary N) is 1. The average molecular weight is 319 g/mol. The summed E-state index contributed by atoms with van der Waals surface area (Å²) in [7, 11) is 1.65. The summed E-state index contributed by atoms with van der Waals surface area (Å²) >= 11 is 1.39. The number of amides is 1. The summed E-state index contributed by atoms with van der Waals surface area (Å²) in [6.07, 6.45) is 0.627. The molecule has 2 aromatic rings. The largest absolute Gasteiger partial charge is 0.358 e. The van der Waals surface area contributed by atoms with Crippen LogP contribution in [0.1, 0.15) is 26.3 Å². The van der Waals surface area contributed by atoms with E-state index in [0.717, 1.165) is 5.56 Å². The van der Waals surface area contributed by atoms with E-state index in [9.17, 15) is 4.79 Å². The highest BCUT2D eigenvalue weighted by atomic mass is 32.2. The van der Waals surface area contributed by atoms with Gasteiger partial charge in [-0.2, -0.15) is 0 Å². The third-order valence-electron chi connectivity index (χ3n) is 3.13. The van der Waals surface area contributed by atoms with Crippen molar-refractivity contribution in [3.63, 3.8) is 0 Å². The molecule has 1 aromatic carbocycles. The Morgan fingerprint density at radius 2 is 2.00 bits per heavy atom. The summed E-state index contributed by atoms with van der Waals surface area (Å²) in [5.74, 6) is -0.0303. The molecular weight excluding hydrogens is 298 g/mol. The molecule has 0 aliphatic heterocycles. The van der Waals surface area contributed by atoms with E-state index in [-0.39, 0.29) is 16.7 Å². The number of carbonyl (C=O) groups is 1. The minimum absolute atomic E-state index is 0.0303. The van der Waals surface area contributed by atoms with Gasteiger partial charge in [0.15, 0.2) is 0 Å². The van der Waals surface area contributed by atoms with E-state index in [1.165, 1.54) is 11.8 Å². The van der Waals surface area contributed by atoms with Crippen LogP contribution in [0.25, 0.3) is 0 Å². The van der Waals surface area contributed by atoms with Crippen molar-refractivity contribution in [2.45, 2.75) is 43.1 Å². The number of aromatic nitrogens is 4. The number of benzene rings is 1. The molecule has 0 fully saturated rings. The van der Waals surface area contributed by atoms with E-state index >= 15 is 0 Å². The fourth-order valence-corrected chi connectivity index (χ4v) is 3.23. The second-order valence-corrected chi connectivity index (χ2v) is 7.12. The number of rotatable bonds is 5. The maximum Gasteiger partial charge on any atom is 0.233 e. The van der Waals surface area contributed by atoms with E-state index in [4.69, 9.17) is 0 Å². The number of tetrazole rings is 1. The molecule has 0 unspecified atom stereocenters. The molecule has 0 aliphatic rings. The van der Waals surface area contributed by atoms with Crippen LogP contribution in [0.15, 0.2) is 35.5 Å². The molecule has 1 aromatic heterocycles. The lowest BCUT2D eigenvalue weighted by Crippen LogP contribution is -2.32. The van der Waals surface area contributed by atoms with E-state index in [1.54, 1.807) is 11.7 Å². The Labute approximate surface area is 134 Å². The maximum atomic E-state index is 12.2. The topological polar surface area (TPSA) is 72.7 Å². The van der Waals surface area contributed by atoms with Crippen molar-refractivity contribution >= 4 is 17.7 Å². The van der Waals surface area contributed by atoms with E-state index in [1.807, 2.05) is 51.1 Å². The van der Waals surface area contributed by atoms with Crippen molar-refractivity contribution in [2.75, 3.05) is 7.05 Å². The fourth-order valence-electron chi connectivity index (χ4n) is 1.98. The van der Waals surface area contributed by atoms with Gasteiger partial charge >= 0.3 is 0 Å². The minimum Gasteiger partial charge on any atom is -0.358 e. The summed E-state index contributed by atoms with van der Waals surface area (Å²) in [6, 6.07) is 9.94. The Balaban J connectivity index is 2.21. The molecule has 2 rings (SSSR count). The zero-order chi connectivity index (χ0) is 16.2. The standard InChI is InChI=1S/C15H21N5OS/c1-15(2,3)20-14(17-18-19-20)22-12(13(21)16-4)10-11-8-6-5-7-9-11/h5-9,12H,10H2,1-4H3,(H,16,21)/t12-/m0/s1. The molecule has 6 nitrogen and oxygen atoms in total. The molecule has 0 bridgehead atoms. The second kappa shape index (κ2) is 6.91. The number of hydrogen-bond donors (Lipinski definition) is 1. The fraction of sp³-hybridized carbons (Fsp3) is 0.467. The SMILES string of the molecule is CNC(=O)[C@H](Cc1ccccc1)Sc1nnnn1C(C)(C)C. The first-order valence-electron chi connectivity index (χ1n) is 7.13. The van der Waals surface area contributed by atoms with Crippen LogP contribution < -0.4 is 5.32 Å². The quantitative estimate of drug-likeness (QED) is 0.852. The van der Waals surface area contributed by atoms with Crippen molar-refractivity contribution in [2.24, 2.45) is 0 Å². The molecule has 1 heterocycles. The Morgan fingerprint density at radius 3 is 2.59 bits per heavy atom. The van der Waals surface area contributed by atoms with Gasteiger partial charge in [-0.3, -0.25) is 4.79 Å². The van der Waals surface area contributed by atoms with Crippen LogP contribution in [0, 0.1) is 0 Å². The van der Waals surface area contributed by atoms with Crippen molar-refractivity contribution in [3.8, 4) is 0 Å². The predicted molar refractivity (Wildman–Crippen MR) is 86.7 cm³/mol. The van der Waals surface area contributed by atoms with Gasteiger partial charge < -0.3 is 5.32 Å². The number of hydrogen-bond acceptors (Lipinski definition) is 5. The summed E-state index contributed by atoms with van der Waals surface area (Å²) in [5.41, 5.74) is 0.879. The Kier molecular flexibility index (Phi) is 5.18. The van der Waals surface area contributed by atoms with Crippen molar-refractivity contribution < 1.29 is 4.79 Å². The van der Waals surface area contributed by atoms with Gasteiger partial charge in [0.2, 0.25) is 11.1 Å². The van der Waals surface area contributed by atoms with Gasteiger partial charge in [0, 0.05) is 7.05 Å². The normalized spacial score (nSPS) is 12.9. The third-order valence-corrected chi connectivity index (χ3v) is 4.26. The smallest absolute Gasteiger partial charge is 0.233 e. The van der Waals surface area contributed by atoms with Gasteiger partial charge in [-0.1, -0.05) is 42.1 Å². The molecule has 118 valence electrons. The van der Waals surface area contributed by atoms with Gasteiger partial charge in [0.1, 0.15) is 0 Å². The van der Waals surface area contributed by atoms with Crippen LogP contribution in [0.5, 0.6) is 0 Å². The highest BCUT2D eigenvalue weighted by Crippen LogP contribution is 2.27. The first kappa shape index (κ1) is 16.5. The molecular formula is C15H21N5OS. The zero-order valence-corrected chi connectivity index (χ0v) is 14.1. The van der Waals surface area contributed by atoms with Gasteiger partial charge in [0.25, 0.3) is 0 Å². The van der Waals surface area contributed by atoms with Crippen molar-refractivity contribution in [1.29, 1.82) is 0 Å². The van der Waals surface area contributed by atoms with Crippen LogP contribution in [0.2, 0.25) is 0 Å². The van der Waals surface area contributed by atoms with Crippen LogP contribution >= 0.6 is 11.8 Å². The van der Waals surface area contributed by atoms with Gasteiger partial charge in [0.05, 0.1) is 10.8 Å². The number of nitrogens with zero attached hydrogens (tertiary/aromatic N) is 4. The Bertz CT molecular complexity index is 620. The molecule has 0 radical (unpaired) electrons. The molecule has 1 atom stereocenters. The van der Waals surface area contributed by atoms with Crippen molar-refractivity contribution in [3.05, 3.63) is 35.9 Å². The summed E-state index contributed by atoms with van der Waals surface area (Å²) in [6.45, 7) is 6.08. The first-order chi connectivity index (χ1) is 10.4. The zero-order valence-electron chi connectivity index (χ0n) is 13.3. The first-order valence-corrected chi connectivity index (χ1v) is 8.01. The highest BCUT2D eigenvalue weighted by Gasteiger charge is 2.26. The summed E-state index contributed by atoms with van der Waals surface area (Å²) < 4.78 is 1.75. The number of thioether (sulfide) groups is 1. The third kappa shape index (κ3) is 4.07. The van der Waals surface area contributed by atoms with Gasteiger partial charge in [-0.15, -0.1) is 5.10 Å². The molecule has 0 saturated heterocycles. The summed E-state index contributed by atoms with van der Waals surface area (Å²) in [5, 5.41) is 14.9. The monoisotopic (exact) mass is 319 g/mol. The molecule has 1 N–H and O–H groups in total. The van der Waals surface area contributed by atoms with E-state index in [0.29, 0.717) is 11.6 Å². The van der Waals surface area contributed by atoms with E-state index < -0.39 is 0 Å². The lowest BCUT2D eigenvalue weighted by Gasteiger charge is -2.21. The maximum absolute atomic E-state index is 12.2. The second-order valence-electron chi connectivity index (χ2n) is 5.95. The minimum atomic E-state index is -0.278. The van der Waals surface area contributed by atoms with Gasteiger partial charge in [-0.05, 0) is 43.2 Å². The lowest BCUT2D eigenvalue weighted by atomic mass is 10.1. The molecule has 0 aliphatic carbocycles. The van der Waals surface area contributed by atoms with Crippen LogP contribution in [0.4, 0.5) is 0 Å². The van der Waals surface area contributed by atoms with Crippen molar-refractivity contribution in [1.82, 2.24) is 25.5 Å². The Morgan fingerprint density at radius 1 is 1.32 bits per heavy atom. The molecule has 22 heavy (non-hydrogen) atoms. The lowest BCUT2D eigenvalue weighted by molar-refractivity contribution is -0.120. The van der Waals surface area contributed by atoms with Gasteiger partial charge in [-0.25, -0.2) is 4.68 Å². The summed E-state index contributed by atoms with van der Waals surface area (Å²) in [4.78, 5) is 12.2. The average Bonchev–Trinajstić information content (AvgIpc) is 2.95. The highest BCUT2D eigenvalue weighted by molar-refractivity contribution is 8.00. The Hall–Kier alpha value is -1.89. The molecule has 1 amide bonds. The van der Waals surface area contributed by atoms with E-state index in [2.05, 4.69) is 20.8 Å². The van der Waals surface area contributed by atoms with Crippen LogP contribution in [-0.4, -0.2) is 38.4 Å². The predicted octanol–water partition coefficient (Wildman–Crippen LogP) is 1.88. The molecule has 0 spiro atoms. The van der Waals surface area contributed by atoms with Crippen LogP contribution in [-0.2, 0) is 16.8 Å². The molecule has 0 saturated carbocycles. The van der Waals surface area contributed by atoms with Crippen LogP contribution in [0.3, 0.4) is 0 Å².